The zero-order valence-corrected chi connectivity index (χ0v) is 13.7. The molecule has 0 saturated heterocycles. The van der Waals surface area contributed by atoms with Gasteiger partial charge in [-0.2, -0.15) is 0 Å². The topological polar surface area (TPSA) is 46.5 Å². The van der Waals surface area contributed by atoms with Crippen molar-refractivity contribution in [2.24, 2.45) is 17.8 Å². The second-order valence-electron chi connectivity index (χ2n) is 8.04. The van der Waals surface area contributed by atoms with Gasteiger partial charge in [0.15, 0.2) is 0 Å². The zero-order chi connectivity index (χ0) is 15.9. The molecule has 23 heavy (non-hydrogen) atoms. The van der Waals surface area contributed by atoms with Crippen LogP contribution in [-0.4, -0.2) is 17.7 Å². The third-order valence-electron chi connectivity index (χ3n) is 6.29. The lowest BCUT2D eigenvalue weighted by atomic mass is 9.48. The Morgan fingerprint density at radius 3 is 2.30 bits per heavy atom. The number of benzene rings is 1. The highest BCUT2D eigenvalue weighted by Crippen LogP contribution is 2.61. The highest BCUT2D eigenvalue weighted by Gasteiger charge is 2.52. The number of hydrogen-bond acceptors (Lipinski definition) is 2. The molecular formula is C20H26O3. The fourth-order valence-electron chi connectivity index (χ4n) is 5.88. The first kappa shape index (κ1) is 15.0. The van der Waals surface area contributed by atoms with E-state index in [1.54, 1.807) is 0 Å². The van der Waals surface area contributed by atoms with Crippen molar-refractivity contribution in [3.8, 4) is 5.75 Å². The van der Waals surface area contributed by atoms with Crippen LogP contribution in [0.1, 0.15) is 56.9 Å². The number of ether oxygens (including phenoxy) is 1. The van der Waals surface area contributed by atoms with Gasteiger partial charge in [-0.15, -0.1) is 0 Å². The van der Waals surface area contributed by atoms with Crippen molar-refractivity contribution in [3.05, 3.63) is 29.8 Å². The number of aliphatic carboxylic acids is 1. The molecule has 4 aliphatic carbocycles. The van der Waals surface area contributed by atoms with E-state index in [2.05, 4.69) is 18.2 Å². The summed E-state index contributed by atoms with van der Waals surface area (Å²) in [6.07, 6.45) is 9.07. The second-order valence-corrected chi connectivity index (χ2v) is 8.04. The Labute approximate surface area is 138 Å². The molecule has 0 atom stereocenters. The summed E-state index contributed by atoms with van der Waals surface area (Å²) in [4.78, 5) is 10.7. The molecule has 0 amide bonds. The molecule has 1 N–H and O–H groups in total. The van der Waals surface area contributed by atoms with Crippen LogP contribution in [0.5, 0.6) is 5.75 Å². The van der Waals surface area contributed by atoms with E-state index in [0.29, 0.717) is 18.4 Å². The van der Waals surface area contributed by atoms with Crippen LogP contribution < -0.4 is 4.74 Å². The Balaban J connectivity index is 1.53. The normalized spacial score (nSPS) is 34.5. The van der Waals surface area contributed by atoms with E-state index in [1.165, 1.54) is 44.1 Å². The largest absolute Gasteiger partial charge is 0.493 e. The minimum atomic E-state index is -0.747. The van der Waals surface area contributed by atoms with Crippen molar-refractivity contribution in [2.45, 2.75) is 56.8 Å². The van der Waals surface area contributed by atoms with E-state index >= 15 is 0 Å². The maximum Gasteiger partial charge on any atom is 0.303 e. The van der Waals surface area contributed by atoms with E-state index < -0.39 is 5.97 Å². The molecule has 0 aliphatic heterocycles. The second kappa shape index (κ2) is 5.85. The number of para-hydroxylation sites is 1. The monoisotopic (exact) mass is 314 g/mol. The minimum absolute atomic E-state index is 0.180. The first-order chi connectivity index (χ1) is 11.1. The third kappa shape index (κ3) is 2.86. The van der Waals surface area contributed by atoms with Crippen LogP contribution >= 0.6 is 0 Å². The number of carboxylic acid groups (broad SMARTS) is 1. The fraction of sp³-hybridized carbons (Fsp3) is 0.650. The van der Waals surface area contributed by atoms with E-state index in [-0.39, 0.29) is 6.42 Å². The average molecular weight is 314 g/mol. The summed E-state index contributed by atoms with van der Waals surface area (Å²) >= 11 is 0. The molecule has 5 rings (SSSR count). The van der Waals surface area contributed by atoms with Gasteiger partial charge in [0.1, 0.15) is 5.75 Å². The zero-order valence-electron chi connectivity index (χ0n) is 13.7. The average Bonchev–Trinajstić information content (AvgIpc) is 2.50. The van der Waals surface area contributed by atoms with Crippen LogP contribution in [0.3, 0.4) is 0 Å². The first-order valence-electron chi connectivity index (χ1n) is 9.09. The highest BCUT2D eigenvalue weighted by molar-refractivity contribution is 5.66. The number of carbonyl (C=O) groups is 1. The third-order valence-corrected chi connectivity index (χ3v) is 6.29. The summed E-state index contributed by atoms with van der Waals surface area (Å²) in [7, 11) is 0. The molecule has 4 fully saturated rings. The van der Waals surface area contributed by atoms with Gasteiger partial charge in [0.2, 0.25) is 0 Å². The van der Waals surface area contributed by atoms with Gasteiger partial charge < -0.3 is 9.84 Å². The van der Waals surface area contributed by atoms with Crippen LogP contribution in [0.4, 0.5) is 0 Å². The molecule has 0 radical (unpaired) electrons. The molecule has 1 aromatic rings. The van der Waals surface area contributed by atoms with Gasteiger partial charge in [0.25, 0.3) is 0 Å². The molecule has 124 valence electrons. The summed E-state index contributed by atoms with van der Waals surface area (Å²) < 4.78 is 6.01. The number of hydrogen-bond donors (Lipinski definition) is 1. The van der Waals surface area contributed by atoms with E-state index in [9.17, 15) is 4.79 Å². The van der Waals surface area contributed by atoms with Gasteiger partial charge in [-0.05, 0) is 74.2 Å². The standard InChI is InChI=1S/C20H26O3/c21-19(22)6-3-7-23-18-5-2-1-4-17(18)20-11-14-8-15(12-20)10-16(9-14)13-20/h1-2,4-5,14-16H,3,6-13H2,(H,21,22). The van der Waals surface area contributed by atoms with Crippen LogP contribution in [0.2, 0.25) is 0 Å². The molecule has 0 unspecified atom stereocenters. The summed E-state index contributed by atoms with van der Waals surface area (Å²) in [5.41, 5.74) is 1.73. The Morgan fingerprint density at radius 2 is 1.70 bits per heavy atom. The maximum atomic E-state index is 10.7. The van der Waals surface area contributed by atoms with Crippen molar-refractivity contribution in [1.29, 1.82) is 0 Å². The van der Waals surface area contributed by atoms with E-state index in [1.807, 2.05) is 6.07 Å². The first-order valence-corrected chi connectivity index (χ1v) is 9.09. The molecule has 0 spiro atoms. The SMILES string of the molecule is O=C(O)CCCOc1ccccc1C12CC3CC(CC(C3)C1)C2. The lowest BCUT2D eigenvalue weighted by Gasteiger charge is -2.57. The molecule has 4 bridgehead atoms. The van der Waals surface area contributed by atoms with E-state index in [4.69, 9.17) is 9.84 Å². The smallest absolute Gasteiger partial charge is 0.303 e. The van der Waals surface area contributed by atoms with Crippen molar-refractivity contribution in [1.82, 2.24) is 0 Å². The number of rotatable bonds is 6. The molecule has 0 aromatic heterocycles. The van der Waals surface area contributed by atoms with Crippen molar-refractivity contribution in [2.75, 3.05) is 6.61 Å². The van der Waals surface area contributed by atoms with Gasteiger partial charge >= 0.3 is 5.97 Å². The van der Waals surface area contributed by atoms with Gasteiger partial charge in [0, 0.05) is 12.0 Å². The molecule has 3 nitrogen and oxygen atoms in total. The van der Waals surface area contributed by atoms with Crippen LogP contribution in [0.25, 0.3) is 0 Å². The lowest BCUT2D eigenvalue weighted by molar-refractivity contribution is -0.137. The summed E-state index contributed by atoms with van der Waals surface area (Å²) in [6.45, 7) is 0.496. The van der Waals surface area contributed by atoms with Crippen molar-refractivity contribution >= 4 is 5.97 Å². The maximum absolute atomic E-state index is 10.7. The van der Waals surface area contributed by atoms with Gasteiger partial charge in [-0.3, -0.25) is 4.79 Å². The molecule has 1 aromatic carbocycles. The number of carboxylic acids is 1. The molecule has 3 heteroatoms. The molecular weight excluding hydrogens is 288 g/mol. The lowest BCUT2D eigenvalue weighted by Crippen LogP contribution is -2.48. The fourth-order valence-corrected chi connectivity index (χ4v) is 5.88. The van der Waals surface area contributed by atoms with Crippen molar-refractivity contribution in [3.63, 3.8) is 0 Å². The predicted molar refractivity (Wildman–Crippen MR) is 88.7 cm³/mol. The minimum Gasteiger partial charge on any atom is -0.493 e. The Morgan fingerprint density at radius 1 is 1.09 bits per heavy atom. The van der Waals surface area contributed by atoms with Gasteiger partial charge in [0.05, 0.1) is 6.61 Å². The molecule has 0 heterocycles. The van der Waals surface area contributed by atoms with Crippen LogP contribution in [0, 0.1) is 17.8 Å². The summed E-state index contributed by atoms with van der Waals surface area (Å²) in [6, 6.07) is 8.52. The Hall–Kier alpha value is -1.51. The highest BCUT2D eigenvalue weighted by atomic mass is 16.5. The van der Waals surface area contributed by atoms with Crippen molar-refractivity contribution < 1.29 is 14.6 Å². The summed E-state index contributed by atoms with van der Waals surface area (Å²) in [5.74, 6) is 3.01. The molecule has 4 saturated carbocycles. The Kier molecular flexibility index (Phi) is 3.82. The molecule has 4 aliphatic rings. The van der Waals surface area contributed by atoms with Crippen LogP contribution in [-0.2, 0) is 10.2 Å². The van der Waals surface area contributed by atoms with Gasteiger partial charge in [-0.1, -0.05) is 18.2 Å². The van der Waals surface area contributed by atoms with Crippen LogP contribution in [0.15, 0.2) is 24.3 Å². The quantitative estimate of drug-likeness (QED) is 0.792. The Bertz CT molecular complexity index is 557. The van der Waals surface area contributed by atoms with E-state index in [0.717, 1.165) is 23.5 Å². The summed E-state index contributed by atoms with van der Waals surface area (Å²) in [5, 5.41) is 8.76. The predicted octanol–water partition coefficient (Wildman–Crippen LogP) is 4.40. The van der Waals surface area contributed by atoms with Gasteiger partial charge in [-0.25, -0.2) is 0 Å².